The summed E-state index contributed by atoms with van der Waals surface area (Å²) in [6.45, 7) is 0.633. The van der Waals surface area contributed by atoms with Crippen LogP contribution in [0.1, 0.15) is 34.8 Å². The number of likely N-dealkylation sites (tertiary alicyclic amines) is 1. The molecule has 0 unspecified atom stereocenters. The van der Waals surface area contributed by atoms with Crippen molar-refractivity contribution in [1.29, 1.82) is 0 Å². The summed E-state index contributed by atoms with van der Waals surface area (Å²) >= 11 is 1.59. The summed E-state index contributed by atoms with van der Waals surface area (Å²) in [5.41, 5.74) is 1.25. The smallest absolute Gasteiger partial charge is 0.337 e. The number of hydrogen-bond donors (Lipinski definition) is 1. The third-order valence-electron chi connectivity index (χ3n) is 4.07. The molecule has 2 amide bonds. The van der Waals surface area contributed by atoms with Crippen molar-refractivity contribution in [2.24, 2.45) is 0 Å². The number of nitrogens with one attached hydrogen (secondary N) is 1. The fraction of sp³-hybridized carbons (Fsp3) is 0.294. The number of anilines is 1. The van der Waals surface area contributed by atoms with Gasteiger partial charge in [0.1, 0.15) is 5.82 Å². The SMILES string of the molecule is COC(=O)c1ccc(NC(=O)N2CCC[C@H]2c2ccsc2)c(F)c1. The minimum atomic E-state index is -0.669. The Hall–Kier alpha value is -2.41. The molecule has 24 heavy (non-hydrogen) atoms. The van der Waals surface area contributed by atoms with E-state index >= 15 is 0 Å². The molecule has 1 aromatic carbocycles. The first-order valence-electron chi connectivity index (χ1n) is 7.57. The molecule has 3 rings (SSSR count). The average molecular weight is 348 g/mol. The molecule has 0 radical (unpaired) electrons. The molecule has 2 heterocycles. The lowest BCUT2D eigenvalue weighted by atomic mass is 10.1. The summed E-state index contributed by atoms with van der Waals surface area (Å²) in [6, 6.07) is 5.54. The van der Waals surface area contributed by atoms with Crippen molar-refractivity contribution in [1.82, 2.24) is 4.90 Å². The molecule has 126 valence electrons. The zero-order chi connectivity index (χ0) is 17.1. The van der Waals surface area contributed by atoms with Crippen LogP contribution in [0.4, 0.5) is 14.9 Å². The number of esters is 1. The number of thiophene rings is 1. The van der Waals surface area contributed by atoms with E-state index in [1.165, 1.54) is 19.2 Å². The number of rotatable bonds is 3. The Morgan fingerprint density at radius 1 is 1.38 bits per heavy atom. The summed E-state index contributed by atoms with van der Waals surface area (Å²) in [7, 11) is 1.23. The maximum Gasteiger partial charge on any atom is 0.337 e. The lowest BCUT2D eigenvalue weighted by Gasteiger charge is -2.24. The van der Waals surface area contributed by atoms with E-state index in [1.54, 1.807) is 16.2 Å². The highest BCUT2D eigenvalue weighted by Crippen LogP contribution is 2.33. The molecule has 1 N–H and O–H groups in total. The first-order chi connectivity index (χ1) is 11.6. The Kier molecular flexibility index (Phi) is 4.80. The van der Waals surface area contributed by atoms with Crippen LogP contribution in [0, 0.1) is 5.82 Å². The molecular weight excluding hydrogens is 331 g/mol. The quantitative estimate of drug-likeness (QED) is 0.852. The van der Waals surface area contributed by atoms with Crippen molar-refractivity contribution in [3.63, 3.8) is 0 Å². The number of ether oxygens (including phenoxy) is 1. The van der Waals surface area contributed by atoms with Crippen molar-refractivity contribution in [2.45, 2.75) is 18.9 Å². The Morgan fingerprint density at radius 3 is 2.88 bits per heavy atom. The average Bonchev–Trinajstić information content (AvgIpc) is 3.26. The zero-order valence-corrected chi connectivity index (χ0v) is 13.9. The monoisotopic (exact) mass is 348 g/mol. The summed E-state index contributed by atoms with van der Waals surface area (Å²) < 4.78 is 18.7. The summed E-state index contributed by atoms with van der Waals surface area (Å²) in [5, 5.41) is 6.60. The van der Waals surface area contributed by atoms with Crippen molar-refractivity contribution in [3.8, 4) is 0 Å². The Bertz CT molecular complexity index is 748. The molecule has 0 saturated carbocycles. The minimum Gasteiger partial charge on any atom is -0.465 e. The lowest BCUT2D eigenvalue weighted by Crippen LogP contribution is -2.34. The van der Waals surface area contributed by atoms with Gasteiger partial charge in [-0.15, -0.1) is 0 Å². The van der Waals surface area contributed by atoms with Crippen molar-refractivity contribution < 1.29 is 18.7 Å². The number of nitrogens with zero attached hydrogens (tertiary/aromatic N) is 1. The molecule has 0 aliphatic carbocycles. The predicted octanol–water partition coefficient (Wildman–Crippen LogP) is 4.04. The van der Waals surface area contributed by atoms with E-state index in [2.05, 4.69) is 10.1 Å². The number of carbonyl (C=O) groups excluding carboxylic acids is 2. The second kappa shape index (κ2) is 7.00. The van der Waals surface area contributed by atoms with Crippen LogP contribution in [-0.2, 0) is 4.74 Å². The standard InChI is InChI=1S/C17H17FN2O3S/c1-23-16(21)11-4-5-14(13(18)9-11)19-17(22)20-7-2-3-15(20)12-6-8-24-10-12/h4-6,8-10,15H,2-3,7H2,1H3,(H,19,22)/t15-/m0/s1. The minimum absolute atomic E-state index is 0.0219. The normalized spacial score (nSPS) is 16.9. The van der Waals surface area contributed by atoms with Gasteiger partial charge in [-0.05, 0) is 53.4 Å². The number of hydrogen-bond acceptors (Lipinski definition) is 4. The van der Waals surface area contributed by atoms with Crippen LogP contribution < -0.4 is 5.32 Å². The number of carbonyl (C=O) groups is 2. The molecule has 1 atom stereocenters. The van der Waals surface area contributed by atoms with E-state index in [1.807, 2.05) is 16.8 Å². The molecule has 1 saturated heterocycles. The van der Waals surface area contributed by atoms with Crippen LogP contribution in [0.15, 0.2) is 35.0 Å². The van der Waals surface area contributed by atoms with E-state index < -0.39 is 11.8 Å². The fourth-order valence-corrected chi connectivity index (χ4v) is 3.58. The van der Waals surface area contributed by atoms with E-state index in [-0.39, 0.29) is 23.3 Å². The molecule has 0 bridgehead atoms. The van der Waals surface area contributed by atoms with Gasteiger partial charge in [-0.3, -0.25) is 0 Å². The number of amides is 2. The topological polar surface area (TPSA) is 58.6 Å². The number of methoxy groups -OCH3 is 1. The van der Waals surface area contributed by atoms with E-state index in [9.17, 15) is 14.0 Å². The van der Waals surface area contributed by atoms with Gasteiger partial charge in [-0.25, -0.2) is 14.0 Å². The molecule has 1 aliphatic heterocycles. The molecule has 1 aliphatic rings. The van der Waals surface area contributed by atoms with Gasteiger partial charge in [0.05, 0.1) is 24.4 Å². The largest absolute Gasteiger partial charge is 0.465 e. The molecule has 0 spiro atoms. The first kappa shape index (κ1) is 16.4. The number of benzene rings is 1. The molecule has 5 nitrogen and oxygen atoms in total. The Balaban J connectivity index is 1.74. The van der Waals surface area contributed by atoms with Gasteiger partial charge in [0.15, 0.2) is 0 Å². The van der Waals surface area contributed by atoms with Crippen LogP contribution >= 0.6 is 11.3 Å². The van der Waals surface area contributed by atoms with Crippen LogP contribution in [0.2, 0.25) is 0 Å². The molecule has 2 aromatic rings. The van der Waals surface area contributed by atoms with Gasteiger partial charge in [0, 0.05) is 6.54 Å². The predicted molar refractivity (Wildman–Crippen MR) is 89.8 cm³/mol. The Morgan fingerprint density at radius 2 is 2.21 bits per heavy atom. The van der Waals surface area contributed by atoms with Crippen molar-refractivity contribution >= 4 is 29.0 Å². The molecule has 1 fully saturated rings. The van der Waals surface area contributed by atoms with Gasteiger partial charge >= 0.3 is 12.0 Å². The number of halogens is 1. The van der Waals surface area contributed by atoms with Gasteiger partial charge < -0.3 is 15.0 Å². The van der Waals surface area contributed by atoms with Crippen molar-refractivity contribution in [3.05, 3.63) is 52.0 Å². The van der Waals surface area contributed by atoms with Crippen LogP contribution in [-0.4, -0.2) is 30.6 Å². The molecular formula is C17H17FN2O3S. The van der Waals surface area contributed by atoms with Gasteiger partial charge in [-0.1, -0.05) is 0 Å². The fourth-order valence-electron chi connectivity index (χ4n) is 2.87. The lowest BCUT2D eigenvalue weighted by molar-refractivity contribution is 0.0600. The summed E-state index contributed by atoms with van der Waals surface area (Å²) in [6.07, 6.45) is 1.81. The highest BCUT2D eigenvalue weighted by Gasteiger charge is 2.30. The van der Waals surface area contributed by atoms with Crippen LogP contribution in [0.3, 0.4) is 0 Å². The highest BCUT2D eigenvalue weighted by atomic mass is 32.1. The third-order valence-corrected chi connectivity index (χ3v) is 4.77. The van der Waals surface area contributed by atoms with Crippen LogP contribution in [0.25, 0.3) is 0 Å². The Labute approximate surface area is 143 Å². The number of urea groups is 1. The second-order valence-corrected chi connectivity index (χ2v) is 6.30. The maximum absolute atomic E-state index is 14.1. The second-order valence-electron chi connectivity index (χ2n) is 5.52. The highest BCUT2D eigenvalue weighted by molar-refractivity contribution is 7.08. The van der Waals surface area contributed by atoms with Crippen LogP contribution in [0.5, 0.6) is 0 Å². The summed E-state index contributed by atoms with van der Waals surface area (Å²) in [4.78, 5) is 25.6. The molecule has 1 aromatic heterocycles. The van der Waals surface area contributed by atoms with Gasteiger partial charge in [0.2, 0.25) is 0 Å². The van der Waals surface area contributed by atoms with Crippen molar-refractivity contribution in [2.75, 3.05) is 19.0 Å². The maximum atomic E-state index is 14.1. The summed E-state index contributed by atoms with van der Waals surface area (Å²) in [5.74, 6) is -1.29. The van der Waals surface area contributed by atoms with Gasteiger partial charge in [0.25, 0.3) is 0 Å². The third kappa shape index (κ3) is 3.26. The van der Waals surface area contributed by atoms with Gasteiger partial charge in [-0.2, -0.15) is 11.3 Å². The van der Waals surface area contributed by atoms with E-state index in [4.69, 9.17) is 0 Å². The zero-order valence-electron chi connectivity index (χ0n) is 13.1. The molecule has 7 heteroatoms. The van der Waals surface area contributed by atoms with E-state index in [0.29, 0.717) is 6.54 Å². The first-order valence-corrected chi connectivity index (χ1v) is 8.52. The van der Waals surface area contributed by atoms with E-state index in [0.717, 1.165) is 24.5 Å².